The van der Waals surface area contributed by atoms with Crippen molar-refractivity contribution in [3.8, 4) is 0 Å². The molecule has 0 unspecified atom stereocenters. The van der Waals surface area contributed by atoms with Gasteiger partial charge in [-0.2, -0.15) is 0 Å². The average molecular weight is 238 g/mol. The molecular formula is C12H14FN3O. The molecule has 90 valence electrons. The Balaban J connectivity index is 2.95. The minimum Gasteiger partial charge on any atom is -0.355 e. The van der Waals surface area contributed by atoms with E-state index < -0.39 is 24.4 Å². The first-order chi connectivity index (χ1) is 9.04. The summed E-state index contributed by atoms with van der Waals surface area (Å²) in [6, 6.07) is 3.62. The van der Waals surface area contributed by atoms with Crippen LogP contribution in [0.15, 0.2) is 18.2 Å². The number of carbonyl (C=O) groups excluding carboxylic acids is 1. The van der Waals surface area contributed by atoms with Gasteiger partial charge in [-0.15, -0.1) is 0 Å². The molecule has 4 nitrogen and oxygen atoms in total. The highest BCUT2D eigenvalue weighted by atomic mass is 19.1. The lowest BCUT2D eigenvalue weighted by atomic mass is 10.1. The van der Waals surface area contributed by atoms with Crippen molar-refractivity contribution in [2.75, 3.05) is 12.3 Å². The lowest BCUT2D eigenvalue weighted by Gasteiger charge is -2.15. The number of anilines is 1. The fourth-order valence-corrected chi connectivity index (χ4v) is 1.23. The zero-order chi connectivity index (χ0) is 15.6. The van der Waals surface area contributed by atoms with E-state index in [0.29, 0.717) is 5.69 Å². The molecule has 0 atom stereocenters. The molecule has 1 rings (SSSR count). The van der Waals surface area contributed by atoms with Gasteiger partial charge in [-0.1, -0.05) is 0 Å². The summed E-state index contributed by atoms with van der Waals surface area (Å²) in [5.74, 6) is -1.88. The van der Waals surface area contributed by atoms with Crippen molar-refractivity contribution >= 4 is 11.6 Å². The fraction of sp³-hybridized carbons (Fsp3) is 0.333. The van der Waals surface area contributed by atoms with E-state index in [9.17, 15) is 9.18 Å². The number of hydrogen-bond donors (Lipinski definition) is 2. The Bertz CT molecular complexity index is 564. The van der Waals surface area contributed by atoms with Gasteiger partial charge >= 0.3 is 0 Å². The molecule has 1 aromatic carbocycles. The van der Waals surface area contributed by atoms with E-state index in [1.165, 1.54) is 12.1 Å². The molecule has 0 heterocycles. The van der Waals surface area contributed by atoms with Gasteiger partial charge in [0.2, 0.25) is 0 Å². The van der Waals surface area contributed by atoms with Gasteiger partial charge in [0.25, 0.3) is 11.6 Å². The van der Waals surface area contributed by atoms with Gasteiger partial charge < -0.3 is 10.6 Å². The van der Waals surface area contributed by atoms with E-state index in [4.69, 9.17) is 10.7 Å². The van der Waals surface area contributed by atoms with Crippen LogP contribution in [-0.4, -0.2) is 18.5 Å². The molecule has 0 aromatic heterocycles. The van der Waals surface area contributed by atoms with Gasteiger partial charge in [-0.3, -0.25) is 9.64 Å². The third-order valence-electron chi connectivity index (χ3n) is 2.06. The van der Waals surface area contributed by atoms with Crippen LogP contribution < -0.4 is 10.6 Å². The van der Waals surface area contributed by atoms with E-state index in [1.54, 1.807) is 19.2 Å². The number of rotatable bonds is 3. The molecule has 0 saturated heterocycles. The maximum absolute atomic E-state index is 13.8. The molecule has 0 bridgehead atoms. The molecule has 1 amide bonds. The maximum atomic E-state index is 13.8. The highest BCUT2D eigenvalue weighted by molar-refractivity contribution is 5.94. The minimum absolute atomic E-state index is 0.328. The SMILES string of the molecule is [2H]C([2H])([2H])NC(=O)c1ccc(NC(C)(C)[N+]#[C-])cc1F. The molecule has 2 N–H and O–H groups in total. The van der Waals surface area contributed by atoms with Crippen LogP contribution in [-0.2, 0) is 0 Å². The first-order valence-corrected chi connectivity index (χ1v) is 4.83. The van der Waals surface area contributed by atoms with Crippen LogP contribution in [0.3, 0.4) is 0 Å². The van der Waals surface area contributed by atoms with Crippen molar-refractivity contribution in [1.29, 1.82) is 0 Å². The van der Waals surface area contributed by atoms with Crippen molar-refractivity contribution in [3.63, 3.8) is 0 Å². The van der Waals surface area contributed by atoms with Gasteiger partial charge in [0, 0.05) is 30.6 Å². The third-order valence-corrected chi connectivity index (χ3v) is 2.06. The summed E-state index contributed by atoms with van der Waals surface area (Å²) in [6.45, 7) is 7.52. The molecule has 0 spiro atoms. The highest BCUT2D eigenvalue weighted by Gasteiger charge is 2.22. The van der Waals surface area contributed by atoms with Gasteiger partial charge in [-0.05, 0) is 18.2 Å². The molecule has 17 heavy (non-hydrogen) atoms. The quantitative estimate of drug-likeness (QED) is 0.793. The highest BCUT2D eigenvalue weighted by Crippen LogP contribution is 2.19. The molecule has 0 saturated carbocycles. The van der Waals surface area contributed by atoms with Crippen LogP contribution >= 0.6 is 0 Å². The molecule has 0 aliphatic heterocycles. The Morgan fingerprint density at radius 3 is 2.82 bits per heavy atom. The predicted molar refractivity (Wildman–Crippen MR) is 64.1 cm³/mol. The lowest BCUT2D eigenvalue weighted by Crippen LogP contribution is -2.26. The normalized spacial score (nSPS) is 13.9. The van der Waals surface area contributed by atoms with E-state index in [2.05, 4.69) is 10.2 Å². The van der Waals surface area contributed by atoms with Gasteiger partial charge in [-0.25, -0.2) is 11.0 Å². The van der Waals surface area contributed by atoms with Gasteiger partial charge in [0.1, 0.15) is 5.82 Å². The van der Waals surface area contributed by atoms with E-state index in [1.807, 2.05) is 0 Å². The number of hydrogen-bond acceptors (Lipinski definition) is 2. The number of benzene rings is 1. The number of carbonyl (C=O) groups is 1. The summed E-state index contributed by atoms with van der Waals surface area (Å²) in [6.07, 6.45) is 0. The lowest BCUT2D eigenvalue weighted by molar-refractivity contribution is 0.0959. The molecule has 0 aliphatic carbocycles. The van der Waals surface area contributed by atoms with Crippen LogP contribution in [0.1, 0.15) is 28.3 Å². The molecule has 0 radical (unpaired) electrons. The van der Waals surface area contributed by atoms with Crippen LogP contribution in [0.4, 0.5) is 10.1 Å². The molecule has 0 aliphatic rings. The average Bonchev–Trinajstić information content (AvgIpc) is 2.26. The van der Waals surface area contributed by atoms with E-state index in [-0.39, 0.29) is 5.56 Å². The molecule has 1 aromatic rings. The van der Waals surface area contributed by atoms with Crippen molar-refractivity contribution in [3.05, 3.63) is 41.0 Å². The van der Waals surface area contributed by atoms with Crippen molar-refractivity contribution in [1.82, 2.24) is 5.32 Å². The van der Waals surface area contributed by atoms with Gasteiger partial charge in [0.15, 0.2) is 0 Å². The standard InChI is InChI=1S/C12H14FN3O/c1-12(2,15-4)16-8-5-6-9(10(13)7-8)11(17)14-3/h5-7,16H,1-3H3,(H,14,17)/i3D3. The Labute approximate surface area is 104 Å². The Morgan fingerprint density at radius 1 is 1.59 bits per heavy atom. The smallest absolute Gasteiger partial charge is 0.299 e. The summed E-state index contributed by atoms with van der Waals surface area (Å²) in [5.41, 5.74) is -0.948. The first kappa shape index (κ1) is 8.99. The second-order valence-corrected chi connectivity index (χ2v) is 3.94. The first-order valence-electron chi connectivity index (χ1n) is 6.33. The zero-order valence-electron chi connectivity index (χ0n) is 12.5. The number of nitrogens with one attached hydrogen (secondary N) is 2. The second-order valence-electron chi connectivity index (χ2n) is 3.94. The minimum atomic E-state index is -2.67. The summed E-state index contributed by atoms with van der Waals surface area (Å²) in [7, 11) is 0. The maximum Gasteiger partial charge on any atom is 0.299 e. The Hall–Kier alpha value is -2.09. The number of amides is 1. The van der Waals surface area contributed by atoms with E-state index >= 15 is 0 Å². The predicted octanol–water partition coefficient (Wildman–Crippen LogP) is 2.25. The summed E-state index contributed by atoms with van der Waals surface area (Å²) < 4.78 is 34.5. The van der Waals surface area contributed by atoms with E-state index in [0.717, 1.165) is 6.07 Å². The largest absolute Gasteiger partial charge is 0.355 e. The molecular weight excluding hydrogens is 221 g/mol. The van der Waals surface area contributed by atoms with Crippen LogP contribution in [0.25, 0.3) is 4.85 Å². The Kier molecular flexibility index (Phi) is 2.55. The summed E-state index contributed by atoms with van der Waals surface area (Å²) in [4.78, 5) is 14.9. The zero-order valence-corrected chi connectivity index (χ0v) is 9.47. The van der Waals surface area contributed by atoms with Crippen molar-refractivity contribution in [2.45, 2.75) is 19.5 Å². The van der Waals surface area contributed by atoms with Crippen molar-refractivity contribution < 1.29 is 13.3 Å². The molecule has 0 fully saturated rings. The third kappa shape index (κ3) is 3.18. The van der Waals surface area contributed by atoms with Crippen molar-refractivity contribution in [2.24, 2.45) is 0 Å². The monoisotopic (exact) mass is 238 g/mol. The second kappa shape index (κ2) is 4.83. The topological polar surface area (TPSA) is 45.5 Å². The summed E-state index contributed by atoms with van der Waals surface area (Å²) in [5, 5.41) is 4.49. The van der Waals surface area contributed by atoms with Gasteiger partial charge in [0.05, 0.1) is 5.56 Å². The Morgan fingerprint density at radius 2 is 2.29 bits per heavy atom. The molecule has 5 heteroatoms. The fourth-order valence-electron chi connectivity index (χ4n) is 1.23. The number of halogens is 1. The number of nitrogens with zero attached hydrogens (tertiary/aromatic N) is 1. The van der Waals surface area contributed by atoms with Crippen LogP contribution in [0.2, 0.25) is 0 Å². The summed E-state index contributed by atoms with van der Waals surface area (Å²) >= 11 is 0. The van der Waals surface area contributed by atoms with Crippen LogP contribution in [0, 0.1) is 12.4 Å². The van der Waals surface area contributed by atoms with Crippen LogP contribution in [0.5, 0.6) is 0 Å².